The van der Waals surface area contributed by atoms with Crippen molar-refractivity contribution in [2.45, 2.75) is 13.0 Å². The number of ether oxygens (including phenoxy) is 1. The first-order chi connectivity index (χ1) is 14.2. The second-order valence-corrected chi connectivity index (χ2v) is 7.03. The molecule has 29 heavy (non-hydrogen) atoms. The summed E-state index contributed by atoms with van der Waals surface area (Å²) in [5.74, 6) is 2.03. The summed E-state index contributed by atoms with van der Waals surface area (Å²) in [7, 11) is 1.64. The maximum atomic E-state index is 12.7. The lowest BCUT2D eigenvalue weighted by atomic mass is 10.2. The summed E-state index contributed by atoms with van der Waals surface area (Å²) in [6.45, 7) is 3.69. The standard InChI is InChI=1S/C22H24N4O3/c1-28-19-10-8-17(9-11-19)21-23-20(29-24-21)16-25-12-5-13-26(15-14-25)22(27)18-6-3-2-4-7-18/h2-4,6-11H,5,12-16H2,1H3. The number of benzene rings is 2. The highest BCUT2D eigenvalue weighted by Crippen LogP contribution is 2.20. The molecule has 0 spiro atoms. The van der Waals surface area contributed by atoms with Gasteiger partial charge in [-0.05, 0) is 42.8 Å². The van der Waals surface area contributed by atoms with Crippen LogP contribution in [0.1, 0.15) is 22.7 Å². The highest BCUT2D eigenvalue weighted by molar-refractivity contribution is 5.94. The SMILES string of the molecule is COc1ccc(-c2noc(CN3CCCN(C(=O)c4ccccc4)CC3)n2)cc1. The quantitative estimate of drug-likeness (QED) is 0.664. The molecule has 0 radical (unpaired) electrons. The number of carbonyl (C=O) groups is 1. The van der Waals surface area contributed by atoms with Crippen molar-refractivity contribution in [2.24, 2.45) is 0 Å². The molecule has 0 N–H and O–H groups in total. The zero-order chi connectivity index (χ0) is 20.1. The van der Waals surface area contributed by atoms with Crippen LogP contribution in [0.4, 0.5) is 0 Å². The first-order valence-corrected chi connectivity index (χ1v) is 9.76. The molecular weight excluding hydrogens is 368 g/mol. The van der Waals surface area contributed by atoms with Gasteiger partial charge in [-0.25, -0.2) is 0 Å². The zero-order valence-electron chi connectivity index (χ0n) is 16.5. The van der Waals surface area contributed by atoms with Gasteiger partial charge in [0.15, 0.2) is 0 Å². The van der Waals surface area contributed by atoms with Gasteiger partial charge in [0.1, 0.15) is 5.75 Å². The number of methoxy groups -OCH3 is 1. The van der Waals surface area contributed by atoms with E-state index in [9.17, 15) is 4.79 Å². The van der Waals surface area contributed by atoms with Gasteiger partial charge >= 0.3 is 0 Å². The summed E-state index contributed by atoms with van der Waals surface area (Å²) in [4.78, 5) is 21.4. The molecule has 2 aromatic carbocycles. The molecule has 4 rings (SSSR count). The van der Waals surface area contributed by atoms with Crippen molar-refractivity contribution in [1.82, 2.24) is 19.9 Å². The van der Waals surface area contributed by atoms with Crippen molar-refractivity contribution in [2.75, 3.05) is 33.3 Å². The first-order valence-electron chi connectivity index (χ1n) is 9.76. The normalized spacial score (nSPS) is 15.1. The molecule has 1 aliphatic rings. The Kier molecular flexibility index (Phi) is 5.86. The van der Waals surface area contributed by atoms with Gasteiger partial charge in [-0.3, -0.25) is 9.69 Å². The Morgan fingerprint density at radius 1 is 1.03 bits per heavy atom. The Bertz CT molecular complexity index is 940. The summed E-state index contributed by atoms with van der Waals surface area (Å²) in [6, 6.07) is 17.0. The molecule has 0 saturated carbocycles. The lowest BCUT2D eigenvalue weighted by molar-refractivity contribution is 0.0760. The van der Waals surface area contributed by atoms with Crippen LogP contribution < -0.4 is 4.74 Å². The number of hydrogen-bond acceptors (Lipinski definition) is 6. The number of carbonyl (C=O) groups excluding carboxylic acids is 1. The minimum atomic E-state index is 0.0898. The molecule has 1 amide bonds. The molecule has 3 aromatic rings. The van der Waals surface area contributed by atoms with Crippen LogP contribution in [-0.2, 0) is 6.54 Å². The van der Waals surface area contributed by atoms with Gasteiger partial charge in [0.25, 0.3) is 5.91 Å². The van der Waals surface area contributed by atoms with Crippen molar-refractivity contribution >= 4 is 5.91 Å². The van der Waals surface area contributed by atoms with E-state index < -0.39 is 0 Å². The van der Waals surface area contributed by atoms with Gasteiger partial charge in [-0.2, -0.15) is 4.98 Å². The first kappa shape index (κ1) is 19.1. The summed E-state index contributed by atoms with van der Waals surface area (Å²) in [5, 5.41) is 4.10. The molecule has 1 aliphatic heterocycles. The third-order valence-corrected chi connectivity index (χ3v) is 5.07. The number of nitrogens with zero attached hydrogens (tertiary/aromatic N) is 4. The minimum absolute atomic E-state index is 0.0898. The summed E-state index contributed by atoms with van der Waals surface area (Å²) < 4.78 is 10.6. The van der Waals surface area contributed by atoms with E-state index in [1.807, 2.05) is 59.5 Å². The van der Waals surface area contributed by atoms with Gasteiger partial charge in [0, 0.05) is 37.3 Å². The van der Waals surface area contributed by atoms with Crippen molar-refractivity contribution in [3.63, 3.8) is 0 Å². The van der Waals surface area contributed by atoms with E-state index >= 15 is 0 Å². The summed E-state index contributed by atoms with van der Waals surface area (Å²) >= 11 is 0. The predicted octanol–water partition coefficient (Wildman–Crippen LogP) is 3.09. The van der Waals surface area contributed by atoms with Gasteiger partial charge in [0.05, 0.1) is 13.7 Å². The molecule has 1 saturated heterocycles. The van der Waals surface area contributed by atoms with E-state index in [1.165, 1.54) is 0 Å². The third-order valence-electron chi connectivity index (χ3n) is 5.07. The summed E-state index contributed by atoms with van der Waals surface area (Å²) in [5.41, 5.74) is 1.62. The van der Waals surface area contributed by atoms with E-state index in [4.69, 9.17) is 9.26 Å². The topological polar surface area (TPSA) is 71.7 Å². The fourth-order valence-corrected chi connectivity index (χ4v) is 3.46. The zero-order valence-corrected chi connectivity index (χ0v) is 16.5. The maximum absolute atomic E-state index is 12.7. The van der Waals surface area contributed by atoms with Crippen LogP contribution in [-0.4, -0.2) is 59.1 Å². The Hall–Kier alpha value is -3.19. The average Bonchev–Trinajstić information content (AvgIpc) is 3.11. The smallest absolute Gasteiger partial charge is 0.253 e. The molecule has 0 aliphatic carbocycles. The number of rotatable bonds is 5. The van der Waals surface area contributed by atoms with Crippen molar-refractivity contribution < 1.29 is 14.1 Å². The predicted molar refractivity (Wildman–Crippen MR) is 109 cm³/mol. The highest BCUT2D eigenvalue weighted by atomic mass is 16.5. The molecule has 0 unspecified atom stereocenters. The van der Waals surface area contributed by atoms with Crippen LogP contribution in [0.3, 0.4) is 0 Å². The van der Waals surface area contributed by atoms with Crippen molar-refractivity contribution in [3.8, 4) is 17.1 Å². The number of aromatic nitrogens is 2. The van der Waals surface area contributed by atoms with Crippen LogP contribution >= 0.6 is 0 Å². The molecule has 7 nitrogen and oxygen atoms in total. The Morgan fingerprint density at radius 2 is 1.83 bits per heavy atom. The van der Waals surface area contributed by atoms with Gasteiger partial charge in [0.2, 0.25) is 11.7 Å². The average molecular weight is 392 g/mol. The van der Waals surface area contributed by atoms with Crippen LogP contribution in [0, 0.1) is 0 Å². The lowest BCUT2D eigenvalue weighted by Gasteiger charge is -2.21. The van der Waals surface area contributed by atoms with E-state index in [0.29, 0.717) is 24.8 Å². The summed E-state index contributed by atoms with van der Waals surface area (Å²) in [6.07, 6.45) is 0.915. The van der Waals surface area contributed by atoms with Gasteiger partial charge in [-0.15, -0.1) is 0 Å². The fraction of sp³-hybridized carbons (Fsp3) is 0.318. The molecule has 1 fully saturated rings. The Balaban J connectivity index is 1.36. The van der Waals surface area contributed by atoms with E-state index in [2.05, 4.69) is 15.0 Å². The second kappa shape index (κ2) is 8.87. The Morgan fingerprint density at radius 3 is 2.59 bits per heavy atom. The van der Waals surface area contributed by atoms with E-state index in [-0.39, 0.29) is 5.91 Å². The second-order valence-electron chi connectivity index (χ2n) is 7.03. The van der Waals surface area contributed by atoms with Crippen molar-refractivity contribution in [1.29, 1.82) is 0 Å². The minimum Gasteiger partial charge on any atom is -0.497 e. The maximum Gasteiger partial charge on any atom is 0.253 e. The molecule has 7 heteroatoms. The third kappa shape index (κ3) is 4.63. The molecule has 0 bridgehead atoms. The van der Waals surface area contributed by atoms with Crippen molar-refractivity contribution in [3.05, 3.63) is 66.1 Å². The van der Waals surface area contributed by atoms with E-state index in [1.54, 1.807) is 7.11 Å². The Labute approximate surface area is 169 Å². The molecule has 150 valence electrons. The van der Waals surface area contributed by atoms with Gasteiger partial charge < -0.3 is 14.2 Å². The molecule has 2 heterocycles. The van der Waals surface area contributed by atoms with Crippen LogP contribution in [0.5, 0.6) is 5.75 Å². The van der Waals surface area contributed by atoms with E-state index in [0.717, 1.165) is 42.9 Å². The molecule has 0 atom stereocenters. The van der Waals surface area contributed by atoms with Crippen LogP contribution in [0.2, 0.25) is 0 Å². The molecule has 1 aromatic heterocycles. The monoisotopic (exact) mass is 392 g/mol. The van der Waals surface area contributed by atoms with Crippen LogP contribution in [0.25, 0.3) is 11.4 Å². The fourth-order valence-electron chi connectivity index (χ4n) is 3.46. The number of amides is 1. The largest absolute Gasteiger partial charge is 0.497 e. The highest BCUT2D eigenvalue weighted by Gasteiger charge is 2.21. The van der Waals surface area contributed by atoms with Gasteiger partial charge in [-0.1, -0.05) is 23.4 Å². The molecular formula is C22H24N4O3. The number of hydrogen-bond donors (Lipinski definition) is 0. The van der Waals surface area contributed by atoms with Crippen LogP contribution in [0.15, 0.2) is 59.1 Å². The lowest BCUT2D eigenvalue weighted by Crippen LogP contribution is -2.35.